The van der Waals surface area contributed by atoms with Crippen LogP contribution in [0.5, 0.6) is 0 Å². The predicted molar refractivity (Wildman–Crippen MR) is 126 cm³/mol. The topological polar surface area (TPSA) is 55.9 Å². The highest BCUT2D eigenvalue weighted by atomic mass is 16.2. The maximum atomic E-state index is 13.0. The minimum absolute atomic E-state index is 0.0220. The van der Waals surface area contributed by atoms with Gasteiger partial charge in [-0.3, -0.25) is 4.79 Å². The van der Waals surface area contributed by atoms with Gasteiger partial charge in [0, 0.05) is 37.3 Å². The molecule has 2 aliphatic rings. The van der Waals surface area contributed by atoms with Crippen LogP contribution in [-0.2, 0) is 4.79 Å². The van der Waals surface area contributed by atoms with Crippen molar-refractivity contribution in [3.8, 4) is 0 Å². The van der Waals surface area contributed by atoms with E-state index in [1.54, 1.807) is 0 Å². The van der Waals surface area contributed by atoms with Gasteiger partial charge in [-0.05, 0) is 77.2 Å². The summed E-state index contributed by atoms with van der Waals surface area (Å²) in [5.41, 5.74) is 3.11. The van der Waals surface area contributed by atoms with E-state index >= 15 is 0 Å². The van der Waals surface area contributed by atoms with Gasteiger partial charge in [0.15, 0.2) is 0 Å². The molecule has 2 aliphatic heterocycles. The summed E-state index contributed by atoms with van der Waals surface area (Å²) < 4.78 is 0. The van der Waals surface area contributed by atoms with Crippen molar-refractivity contribution in [1.82, 2.24) is 14.7 Å². The van der Waals surface area contributed by atoms with Crippen LogP contribution in [0.1, 0.15) is 57.1 Å². The monoisotopic (exact) mass is 428 g/mol. The minimum Gasteiger partial charge on any atom is -0.338 e. The Balaban J connectivity index is 1.61. The van der Waals surface area contributed by atoms with Gasteiger partial charge in [-0.25, -0.2) is 4.79 Å². The number of hydrogen-bond donors (Lipinski definition) is 1. The number of rotatable bonds is 7. The number of urea groups is 1. The Labute approximate surface area is 188 Å². The van der Waals surface area contributed by atoms with Crippen LogP contribution in [-0.4, -0.2) is 71.9 Å². The molecule has 2 saturated heterocycles. The van der Waals surface area contributed by atoms with E-state index in [0.29, 0.717) is 6.54 Å². The third-order valence-electron chi connectivity index (χ3n) is 6.60. The standard InChI is InChI=1S/C25H40N4O2/c1-19(2)24(30)29(16-8-14-27-12-5-6-13-27)22-9-7-15-28(18-22)25(31)26-23-11-10-20(3)17-21(23)4/h10-11,17,19,22H,5-9,12-16,18H2,1-4H3,(H,26,31). The number of carbonyl (C=O) groups is 2. The average Bonchev–Trinajstić information content (AvgIpc) is 3.26. The van der Waals surface area contributed by atoms with E-state index in [2.05, 4.69) is 28.1 Å². The van der Waals surface area contributed by atoms with Crippen molar-refractivity contribution in [3.63, 3.8) is 0 Å². The maximum Gasteiger partial charge on any atom is 0.321 e. The van der Waals surface area contributed by atoms with Gasteiger partial charge < -0.3 is 20.0 Å². The van der Waals surface area contributed by atoms with Crippen molar-refractivity contribution < 1.29 is 9.59 Å². The lowest BCUT2D eigenvalue weighted by molar-refractivity contribution is -0.138. The highest BCUT2D eigenvalue weighted by Gasteiger charge is 2.31. The van der Waals surface area contributed by atoms with Crippen LogP contribution >= 0.6 is 0 Å². The van der Waals surface area contributed by atoms with E-state index in [0.717, 1.165) is 50.1 Å². The fraction of sp³-hybridized carbons (Fsp3) is 0.680. The number of nitrogens with zero attached hydrogens (tertiary/aromatic N) is 3. The Morgan fingerprint density at radius 1 is 1.13 bits per heavy atom. The number of hydrogen-bond acceptors (Lipinski definition) is 3. The predicted octanol–water partition coefficient (Wildman–Crippen LogP) is 4.27. The zero-order valence-electron chi connectivity index (χ0n) is 19.8. The molecule has 0 aliphatic carbocycles. The molecule has 2 heterocycles. The molecule has 0 saturated carbocycles. The molecule has 3 rings (SSSR count). The van der Waals surface area contributed by atoms with Crippen LogP contribution in [0.2, 0.25) is 0 Å². The van der Waals surface area contributed by atoms with Crippen molar-refractivity contribution in [3.05, 3.63) is 29.3 Å². The van der Waals surface area contributed by atoms with Crippen molar-refractivity contribution in [2.45, 2.75) is 65.8 Å². The summed E-state index contributed by atoms with van der Waals surface area (Å²) in [4.78, 5) is 32.4. The number of benzene rings is 1. The number of nitrogens with one attached hydrogen (secondary N) is 1. The van der Waals surface area contributed by atoms with E-state index < -0.39 is 0 Å². The first-order valence-corrected chi connectivity index (χ1v) is 12.0. The first kappa shape index (κ1) is 23.6. The van der Waals surface area contributed by atoms with Crippen LogP contribution in [0.15, 0.2) is 18.2 Å². The number of amides is 3. The quantitative estimate of drug-likeness (QED) is 0.706. The SMILES string of the molecule is Cc1ccc(NC(=O)N2CCCC(N(CCCN3CCCC3)C(=O)C(C)C)C2)c(C)c1. The number of likely N-dealkylation sites (tertiary alicyclic amines) is 2. The molecule has 2 fully saturated rings. The second-order valence-corrected chi connectivity index (χ2v) is 9.58. The molecule has 1 unspecified atom stereocenters. The Morgan fingerprint density at radius 2 is 1.87 bits per heavy atom. The molecule has 1 N–H and O–H groups in total. The molecule has 0 spiro atoms. The molecule has 172 valence electrons. The van der Waals surface area contributed by atoms with Gasteiger partial charge in [0.2, 0.25) is 5.91 Å². The van der Waals surface area contributed by atoms with Crippen molar-refractivity contribution in [2.75, 3.05) is 44.6 Å². The molecule has 1 atom stereocenters. The molecular weight excluding hydrogens is 388 g/mol. The largest absolute Gasteiger partial charge is 0.338 e. The zero-order valence-corrected chi connectivity index (χ0v) is 19.8. The second-order valence-electron chi connectivity index (χ2n) is 9.58. The average molecular weight is 429 g/mol. The molecule has 3 amide bonds. The van der Waals surface area contributed by atoms with E-state index in [1.165, 1.54) is 31.5 Å². The number of piperidine rings is 1. The highest BCUT2D eigenvalue weighted by molar-refractivity contribution is 5.90. The Bertz CT molecular complexity index is 758. The molecular formula is C25H40N4O2. The lowest BCUT2D eigenvalue weighted by atomic mass is 10.0. The van der Waals surface area contributed by atoms with Crippen LogP contribution in [0.3, 0.4) is 0 Å². The fourth-order valence-electron chi connectivity index (χ4n) is 4.82. The molecule has 6 nitrogen and oxygen atoms in total. The summed E-state index contributed by atoms with van der Waals surface area (Å²) in [6.45, 7) is 13.6. The second kappa shape index (κ2) is 11.0. The lowest BCUT2D eigenvalue weighted by Gasteiger charge is -2.40. The molecule has 0 bridgehead atoms. The van der Waals surface area contributed by atoms with E-state index in [-0.39, 0.29) is 23.9 Å². The Morgan fingerprint density at radius 3 is 2.55 bits per heavy atom. The van der Waals surface area contributed by atoms with Gasteiger partial charge in [0.25, 0.3) is 0 Å². The Kier molecular flexibility index (Phi) is 8.35. The molecule has 31 heavy (non-hydrogen) atoms. The highest BCUT2D eigenvalue weighted by Crippen LogP contribution is 2.21. The van der Waals surface area contributed by atoms with Gasteiger partial charge in [-0.15, -0.1) is 0 Å². The van der Waals surface area contributed by atoms with Crippen molar-refractivity contribution in [1.29, 1.82) is 0 Å². The van der Waals surface area contributed by atoms with Crippen molar-refractivity contribution >= 4 is 17.6 Å². The summed E-state index contributed by atoms with van der Waals surface area (Å²) in [6, 6.07) is 6.11. The van der Waals surface area contributed by atoms with E-state index in [4.69, 9.17) is 0 Å². The van der Waals surface area contributed by atoms with Crippen LogP contribution < -0.4 is 5.32 Å². The molecule has 0 aromatic heterocycles. The van der Waals surface area contributed by atoms with Gasteiger partial charge >= 0.3 is 6.03 Å². The third-order valence-corrected chi connectivity index (χ3v) is 6.60. The number of carbonyl (C=O) groups excluding carboxylic acids is 2. The first-order chi connectivity index (χ1) is 14.8. The van der Waals surface area contributed by atoms with Crippen LogP contribution in [0.4, 0.5) is 10.5 Å². The molecule has 1 aromatic carbocycles. The third kappa shape index (κ3) is 6.45. The molecule has 0 radical (unpaired) electrons. The van der Waals surface area contributed by atoms with Crippen LogP contribution in [0, 0.1) is 19.8 Å². The molecule has 6 heteroatoms. The van der Waals surface area contributed by atoms with Crippen LogP contribution in [0.25, 0.3) is 0 Å². The summed E-state index contributed by atoms with van der Waals surface area (Å²) in [7, 11) is 0. The van der Waals surface area contributed by atoms with Gasteiger partial charge in [0.05, 0.1) is 0 Å². The summed E-state index contributed by atoms with van der Waals surface area (Å²) in [6.07, 6.45) is 5.49. The smallest absolute Gasteiger partial charge is 0.321 e. The van der Waals surface area contributed by atoms with Crippen molar-refractivity contribution in [2.24, 2.45) is 5.92 Å². The fourth-order valence-corrected chi connectivity index (χ4v) is 4.82. The minimum atomic E-state index is -0.0642. The lowest BCUT2D eigenvalue weighted by Crippen LogP contribution is -2.53. The van der Waals surface area contributed by atoms with E-state index in [1.807, 2.05) is 37.8 Å². The maximum absolute atomic E-state index is 13.0. The van der Waals surface area contributed by atoms with Gasteiger partial charge in [-0.1, -0.05) is 31.5 Å². The van der Waals surface area contributed by atoms with Gasteiger partial charge in [-0.2, -0.15) is 0 Å². The summed E-state index contributed by atoms with van der Waals surface area (Å²) in [5.74, 6) is 0.189. The number of aryl methyl sites for hydroxylation is 2. The normalized spacial score (nSPS) is 19.6. The Hall–Kier alpha value is -2.08. The summed E-state index contributed by atoms with van der Waals surface area (Å²) in [5, 5.41) is 3.08. The zero-order chi connectivity index (χ0) is 22.4. The summed E-state index contributed by atoms with van der Waals surface area (Å²) >= 11 is 0. The van der Waals surface area contributed by atoms with E-state index in [9.17, 15) is 9.59 Å². The van der Waals surface area contributed by atoms with Gasteiger partial charge in [0.1, 0.15) is 0 Å². The first-order valence-electron chi connectivity index (χ1n) is 12.0. The number of anilines is 1. The molecule has 1 aromatic rings.